The van der Waals surface area contributed by atoms with E-state index in [1.54, 1.807) is 29.8 Å². The van der Waals surface area contributed by atoms with E-state index in [0.29, 0.717) is 29.6 Å². The normalized spacial score (nSPS) is 14.1. The number of benzene rings is 1. The van der Waals surface area contributed by atoms with E-state index >= 15 is 0 Å². The number of carbonyl (C=O) groups excluding carboxylic acids is 2. The van der Waals surface area contributed by atoms with Gasteiger partial charge in [-0.15, -0.1) is 21.5 Å². The number of H-pyrrole nitrogens is 1. The summed E-state index contributed by atoms with van der Waals surface area (Å²) < 4.78 is 2.05. The van der Waals surface area contributed by atoms with Crippen LogP contribution < -0.4 is 10.6 Å². The Morgan fingerprint density at radius 3 is 2.57 bits per heavy atom. The molecule has 1 aliphatic heterocycles. The minimum Gasteiger partial charge on any atom is -0.356 e. The van der Waals surface area contributed by atoms with E-state index in [-0.39, 0.29) is 18.2 Å². The van der Waals surface area contributed by atoms with Gasteiger partial charge >= 0.3 is 0 Å². The number of aromatic amines is 1. The first-order valence-electron chi connectivity index (χ1n) is 14.6. The number of halogens is 1. The number of nitrogens with zero attached hydrogens (tertiary/aromatic N) is 5. The highest BCUT2D eigenvalue weighted by Crippen LogP contribution is 2.39. The average molecular weight is 629 g/mol. The maximum Gasteiger partial charge on any atom is 0.267 e. The van der Waals surface area contributed by atoms with Gasteiger partial charge in [-0.1, -0.05) is 23.7 Å². The van der Waals surface area contributed by atoms with Crippen LogP contribution in [0.4, 0.5) is 0 Å². The summed E-state index contributed by atoms with van der Waals surface area (Å²) in [5, 5.41) is 17.4. The molecule has 5 heterocycles. The first-order chi connectivity index (χ1) is 21.3. The number of amides is 2. The van der Waals surface area contributed by atoms with Gasteiger partial charge < -0.3 is 15.6 Å². The van der Waals surface area contributed by atoms with Crippen molar-refractivity contribution in [3.05, 3.63) is 92.7 Å². The Bertz CT molecular complexity index is 1840. The third-order valence-corrected chi connectivity index (χ3v) is 9.31. The highest BCUT2D eigenvalue weighted by Gasteiger charge is 2.32. The third-order valence-electron chi connectivity index (χ3n) is 7.86. The van der Waals surface area contributed by atoms with Gasteiger partial charge in [0.15, 0.2) is 5.82 Å². The first kappa shape index (κ1) is 29.7. The second kappa shape index (κ2) is 12.7. The molecule has 10 nitrogen and oxygen atoms in total. The summed E-state index contributed by atoms with van der Waals surface area (Å²) in [5.74, 6) is 1.18. The van der Waals surface area contributed by atoms with Gasteiger partial charge in [0.1, 0.15) is 22.6 Å². The molecule has 44 heavy (non-hydrogen) atoms. The van der Waals surface area contributed by atoms with Crippen LogP contribution in [-0.2, 0) is 4.79 Å². The highest BCUT2D eigenvalue weighted by molar-refractivity contribution is 7.15. The molecule has 1 atom stereocenters. The molecule has 1 aliphatic rings. The molecule has 0 spiro atoms. The monoisotopic (exact) mass is 628 g/mol. The van der Waals surface area contributed by atoms with Crippen LogP contribution in [-0.4, -0.2) is 55.3 Å². The highest BCUT2D eigenvalue weighted by atomic mass is 35.5. The van der Waals surface area contributed by atoms with Crippen molar-refractivity contribution < 1.29 is 9.59 Å². The molecule has 0 saturated carbocycles. The van der Waals surface area contributed by atoms with Crippen LogP contribution in [0.25, 0.3) is 15.9 Å². The summed E-state index contributed by atoms with van der Waals surface area (Å²) in [4.78, 5) is 39.2. The van der Waals surface area contributed by atoms with Crippen LogP contribution >= 0.6 is 22.9 Å². The largest absolute Gasteiger partial charge is 0.356 e. The molecule has 226 valence electrons. The summed E-state index contributed by atoms with van der Waals surface area (Å²) >= 11 is 7.88. The van der Waals surface area contributed by atoms with E-state index in [1.165, 1.54) is 4.88 Å². The van der Waals surface area contributed by atoms with E-state index in [0.717, 1.165) is 63.4 Å². The van der Waals surface area contributed by atoms with Gasteiger partial charge in [0.2, 0.25) is 5.91 Å². The molecule has 0 saturated heterocycles. The minimum absolute atomic E-state index is 0.0961. The molecule has 12 heteroatoms. The van der Waals surface area contributed by atoms with E-state index in [9.17, 15) is 9.59 Å². The summed E-state index contributed by atoms with van der Waals surface area (Å²) in [6.07, 6.45) is 6.05. The number of unbranched alkanes of at least 4 members (excludes halogenated alkanes) is 2. The van der Waals surface area contributed by atoms with Crippen molar-refractivity contribution in [3.8, 4) is 5.00 Å². The SMILES string of the molecule is Cc1sc2c(c1C)C(c1ccc(Cl)cc1)=N[C@@H](CC(=O)NCCCCCNC(=O)c1cc3cnccc3[nH]1)c1nnc(C)n1-2. The van der Waals surface area contributed by atoms with Crippen molar-refractivity contribution >= 4 is 51.4 Å². The molecule has 0 radical (unpaired) electrons. The van der Waals surface area contributed by atoms with Gasteiger partial charge in [0, 0.05) is 57.4 Å². The molecule has 0 bridgehead atoms. The summed E-state index contributed by atoms with van der Waals surface area (Å²) in [7, 11) is 0. The lowest BCUT2D eigenvalue weighted by Gasteiger charge is -2.13. The number of pyridine rings is 1. The number of hydrogen-bond donors (Lipinski definition) is 3. The van der Waals surface area contributed by atoms with Crippen molar-refractivity contribution in [1.82, 2.24) is 35.4 Å². The number of thiophene rings is 1. The zero-order chi connectivity index (χ0) is 30.8. The standard InChI is InChI=1S/C32H33ClN8O2S/c1-18-19(2)44-32-28(18)29(21-7-9-23(33)10-8-21)38-25(30-40-39-20(3)41(30)32)16-27(42)35-12-5-4-6-13-36-31(43)26-15-22-17-34-14-11-24(22)37-26/h7-11,14-15,17,25,37H,4-6,12-13,16H2,1-3H3,(H,35,42)(H,36,43)/t25-/m0/s1. The Balaban J connectivity index is 1.07. The van der Waals surface area contributed by atoms with Gasteiger partial charge in [0.05, 0.1) is 12.1 Å². The van der Waals surface area contributed by atoms with E-state index < -0.39 is 6.04 Å². The molecular formula is C32H33ClN8O2S. The van der Waals surface area contributed by atoms with Gasteiger partial charge in [-0.2, -0.15) is 0 Å². The molecule has 4 aromatic heterocycles. The second-order valence-corrected chi connectivity index (χ2v) is 12.6. The average Bonchev–Trinajstić information content (AvgIpc) is 3.67. The number of nitrogens with one attached hydrogen (secondary N) is 3. The Hall–Kier alpha value is -4.35. The van der Waals surface area contributed by atoms with Crippen LogP contribution in [0.1, 0.15) is 75.4 Å². The van der Waals surface area contributed by atoms with Crippen molar-refractivity contribution in [3.63, 3.8) is 0 Å². The van der Waals surface area contributed by atoms with Gasteiger partial charge in [-0.05, 0) is 69.9 Å². The molecule has 2 amide bonds. The summed E-state index contributed by atoms with van der Waals surface area (Å²) in [6.45, 7) is 7.24. The predicted octanol–water partition coefficient (Wildman–Crippen LogP) is 5.78. The molecule has 5 aromatic rings. The lowest BCUT2D eigenvalue weighted by molar-refractivity contribution is -0.121. The lowest BCUT2D eigenvalue weighted by Crippen LogP contribution is -2.27. The van der Waals surface area contributed by atoms with Crippen molar-refractivity contribution in [2.24, 2.45) is 4.99 Å². The van der Waals surface area contributed by atoms with Crippen LogP contribution in [0.2, 0.25) is 5.02 Å². The number of carbonyl (C=O) groups is 2. The molecule has 6 rings (SSSR count). The van der Waals surface area contributed by atoms with Crippen LogP contribution in [0.5, 0.6) is 0 Å². The number of aromatic nitrogens is 5. The molecule has 0 aliphatic carbocycles. The molecular weight excluding hydrogens is 596 g/mol. The first-order valence-corrected chi connectivity index (χ1v) is 15.8. The number of rotatable bonds is 10. The summed E-state index contributed by atoms with van der Waals surface area (Å²) in [5.41, 5.74) is 5.35. The maximum atomic E-state index is 13.2. The minimum atomic E-state index is -0.503. The predicted molar refractivity (Wildman–Crippen MR) is 173 cm³/mol. The fourth-order valence-electron chi connectivity index (χ4n) is 5.43. The van der Waals surface area contributed by atoms with Crippen LogP contribution in [0.3, 0.4) is 0 Å². The molecule has 0 fully saturated rings. The van der Waals surface area contributed by atoms with Crippen molar-refractivity contribution in [1.29, 1.82) is 0 Å². The van der Waals surface area contributed by atoms with Crippen molar-refractivity contribution in [2.75, 3.05) is 13.1 Å². The fourth-order valence-corrected chi connectivity index (χ4v) is 6.77. The van der Waals surface area contributed by atoms with Gasteiger partial charge in [0.25, 0.3) is 5.91 Å². The number of aryl methyl sites for hydroxylation is 2. The third kappa shape index (κ3) is 6.02. The Morgan fingerprint density at radius 2 is 1.80 bits per heavy atom. The summed E-state index contributed by atoms with van der Waals surface area (Å²) in [6, 6.07) is 10.8. The van der Waals surface area contributed by atoms with Crippen LogP contribution in [0.15, 0.2) is 53.8 Å². The number of fused-ring (bicyclic) bond motifs is 4. The Morgan fingerprint density at radius 1 is 1.02 bits per heavy atom. The Labute approximate surface area is 264 Å². The van der Waals surface area contributed by atoms with E-state index in [1.807, 2.05) is 41.8 Å². The zero-order valence-electron chi connectivity index (χ0n) is 24.8. The molecule has 1 aromatic carbocycles. The number of aliphatic imine (C=N–C) groups is 1. The van der Waals surface area contributed by atoms with Crippen LogP contribution in [0, 0.1) is 20.8 Å². The topological polar surface area (TPSA) is 130 Å². The molecule has 0 unspecified atom stereocenters. The van der Waals surface area contributed by atoms with E-state index in [4.69, 9.17) is 16.6 Å². The zero-order valence-corrected chi connectivity index (χ0v) is 26.3. The second-order valence-electron chi connectivity index (χ2n) is 10.9. The molecule has 3 N–H and O–H groups in total. The Kier molecular flexibility index (Phi) is 8.58. The fraction of sp³-hybridized carbons (Fsp3) is 0.312. The van der Waals surface area contributed by atoms with Gasteiger partial charge in [-0.25, -0.2) is 0 Å². The quantitative estimate of drug-likeness (QED) is 0.169. The van der Waals surface area contributed by atoms with Crippen molar-refractivity contribution in [2.45, 2.75) is 52.5 Å². The number of hydrogen-bond acceptors (Lipinski definition) is 7. The maximum absolute atomic E-state index is 13.2. The lowest BCUT2D eigenvalue weighted by atomic mass is 9.99. The van der Waals surface area contributed by atoms with E-state index in [2.05, 4.69) is 44.6 Å². The smallest absolute Gasteiger partial charge is 0.267 e. The van der Waals surface area contributed by atoms with Gasteiger partial charge in [-0.3, -0.25) is 24.1 Å².